The fourth-order valence-electron chi connectivity index (χ4n) is 4.09. The molecule has 0 radical (unpaired) electrons. The number of hydrogen-bond donors (Lipinski definition) is 1. The zero-order chi connectivity index (χ0) is 20.8. The topological polar surface area (TPSA) is 41.8 Å². The van der Waals surface area contributed by atoms with Crippen LogP contribution in [0.5, 0.6) is 0 Å². The number of hydrogen-bond acceptors (Lipinski definition) is 2. The van der Waals surface area contributed by atoms with E-state index in [4.69, 9.17) is 0 Å². The van der Waals surface area contributed by atoms with E-state index >= 15 is 0 Å². The Morgan fingerprint density at radius 2 is 1.20 bits per heavy atom. The summed E-state index contributed by atoms with van der Waals surface area (Å²) in [7, 11) is -3.42. The van der Waals surface area contributed by atoms with E-state index in [0.717, 1.165) is 18.7 Å². The molecule has 154 valence electrons. The third-order valence-corrected chi connectivity index (χ3v) is 7.20. The molecule has 4 rings (SSSR count). The molecule has 3 aromatic carbocycles. The van der Waals surface area contributed by atoms with Gasteiger partial charge in [0.15, 0.2) is 0 Å². The number of benzene rings is 3. The predicted molar refractivity (Wildman–Crippen MR) is 121 cm³/mol. The highest BCUT2D eigenvalue weighted by Gasteiger charge is 2.33. The van der Waals surface area contributed by atoms with Crippen LogP contribution in [-0.2, 0) is 10.0 Å². The molecule has 0 bridgehead atoms. The molecular weight excluding hydrogens is 392 g/mol. The van der Waals surface area contributed by atoms with Crippen molar-refractivity contribution >= 4 is 16.1 Å². The molecule has 5 heteroatoms. The number of rotatable bonds is 6. The molecule has 1 aliphatic heterocycles. The van der Waals surface area contributed by atoms with Crippen molar-refractivity contribution in [3.05, 3.63) is 113 Å². The van der Waals surface area contributed by atoms with Gasteiger partial charge >= 0.3 is 0 Å². The van der Waals surface area contributed by atoms with Gasteiger partial charge in [-0.05, 0) is 11.6 Å². The van der Waals surface area contributed by atoms with Crippen LogP contribution in [0.3, 0.4) is 0 Å². The van der Waals surface area contributed by atoms with Crippen molar-refractivity contribution < 1.29 is 13.3 Å². The Balaban J connectivity index is 1.49. The number of nitrogens with zero attached hydrogens (tertiary/aromatic N) is 1. The first-order chi connectivity index (χ1) is 14.6. The molecule has 0 amide bonds. The molecule has 0 aliphatic carbocycles. The molecule has 0 aromatic heterocycles. The van der Waals surface area contributed by atoms with E-state index in [1.54, 1.807) is 10.4 Å². The molecule has 0 unspecified atom stereocenters. The van der Waals surface area contributed by atoms with Crippen LogP contribution in [0.25, 0.3) is 6.08 Å². The van der Waals surface area contributed by atoms with E-state index in [-0.39, 0.29) is 6.04 Å². The Bertz CT molecular complexity index is 1020. The summed E-state index contributed by atoms with van der Waals surface area (Å²) in [5.41, 5.74) is 3.41. The average Bonchev–Trinajstić information content (AvgIpc) is 2.81. The van der Waals surface area contributed by atoms with Crippen LogP contribution >= 0.6 is 0 Å². The lowest BCUT2D eigenvalue weighted by Crippen LogP contribution is -3.15. The van der Waals surface area contributed by atoms with Gasteiger partial charge in [0.1, 0.15) is 6.04 Å². The van der Waals surface area contributed by atoms with Crippen molar-refractivity contribution in [2.75, 3.05) is 26.2 Å². The Morgan fingerprint density at radius 1 is 0.733 bits per heavy atom. The maximum atomic E-state index is 12.8. The fraction of sp³-hybridized carbons (Fsp3) is 0.200. The third-order valence-electron chi connectivity index (χ3n) is 5.63. The van der Waals surface area contributed by atoms with Gasteiger partial charge in [-0.15, -0.1) is 0 Å². The highest BCUT2D eigenvalue weighted by Crippen LogP contribution is 2.19. The molecule has 1 saturated heterocycles. The summed E-state index contributed by atoms with van der Waals surface area (Å²) in [4.78, 5) is 1.39. The van der Waals surface area contributed by atoms with Crippen molar-refractivity contribution in [1.29, 1.82) is 0 Å². The smallest absolute Gasteiger partial charge is 0.236 e. The van der Waals surface area contributed by atoms with Gasteiger partial charge in [0.05, 0.1) is 26.2 Å². The van der Waals surface area contributed by atoms with Crippen LogP contribution in [0.2, 0.25) is 0 Å². The summed E-state index contributed by atoms with van der Waals surface area (Å²) in [6, 6.07) is 30.7. The summed E-state index contributed by atoms with van der Waals surface area (Å²) in [6.45, 7) is 2.58. The average molecular weight is 420 g/mol. The molecule has 0 saturated carbocycles. The highest BCUT2D eigenvalue weighted by atomic mass is 32.2. The van der Waals surface area contributed by atoms with Gasteiger partial charge in [0.2, 0.25) is 10.0 Å². The molecule has 1 aliphatic rings. The Kier molecular flexibility index (Phi) is 6.43. The summed E-state index contributed by atoms with van der Waals surface area (Å²) in [5.74, 6) is 0. The summed E-state index contributed by atoms with van der Waals surface area (Å²) >= 11 is 0. The normalized spacial score (nSPS) is 16.3. The van der Waals surface area contributed by atoms with E-state index in [2.05, 4.69) is 48.5 Å². The predicted octanol–water partition coefficient (Wildman–Crippen LogP) is 2.98. The molecule has 1 N–H and O–H groups in total. The third kappa shape index (κ3) is 4.87. The number of nitrogens with one attached hydrogen (secondary N) is 1. The van der Waals surface area contributed by atoms with Gasteiger partial charge in [-0.1, -0.05) is 91.0 Å². The van der Waals surface area contributed by atoms with Crippen molar-refractivity contribution in [3.63, 3.8) is 0 Å². The minimum Gasteiger partial charge on any atom is -0.323 e. The SMILES string of the molecule is O=S(=O)(/C=C/c1ccccc1)N1CC[NH+](C(c2ccccc2)c2ccccc2)CC1. The maximum absolute atomic E-state index is 12.8. The first-order valence-electron chi connectivity index (χ1n) is 10.3. The van der Waals surface area contributed by atoms with Crippen LogP contribution in [0.1, 0.15) is 22.7 Å². The van der Waals surface area contributed by atoms with Gasteiger partial charge < -0.3 is 4.90 Å². The molecule has 4 nitrogen and oxygen atoms in total. The van der Waals surface area contributed by atoms with Gasteiger partial charge in [0, 0.05) is 16.5 Å². The molecule has 30 heavy (non-hydrogen) atoms. The Hall–Kier alpha value is -2.73. The summed E-state index contributed by atoms with van der Waals surface area (Å²) < 4.78 is 27.2. The highest BCUT2D eigenvalue weighted by molar-refractivity contribution is 7.92. The Morgan fingerprint density at radius 3 is 1.70 bits per heavy atom. The van der Waals surface area contributed by atoms with Crippen molar-refractivity contribution in [1.82, 2.24) is 4.31 Å². The van der Waals surface area contributed by atoms with E-state index in [1.807, 2.05) is 42.5 Å². The van der Waals surface area contributed by atoms with Crippen molar-refractivity contribution in [3.8, 4) is 0 Å². The van der Waals surface area contributed by atoms with E-state index in [1.165, 1.54) is 21.4 Å². The van der Waals surface area contributed by atoms with Crippen LogP contribution in [0.4, 0.5) is 0 Å². The lowest BCUT2D eigenvalue weighted by Gasteiger charge is -2.36. The van der Waals surface area contributed by atoms with E-state index in [0.29, 0.717) is 13.1 Å². The second kappa shape index (κ2) is 9.39. The van der Waals surface area contributed by atoms with Crippen molar-refractivity contribution in [2.24, 2.45) is 0 Å². The van der Waals surface area contributed by atoms with Crippen LogP contribution in [0, 0.1) is 0 Å². The van der Waals surface area contributed by atoms with Crippen molar-refractivity contribution in [2.45, 2.75) is 6.04 Å². The first-order valence-corrected chi connectivity index (χ1v) is 11.8. The number of piperazine rings is 1. The lowest BCUT2D eigenvalue weighted by molar-refractivity contribution is -0.929. The largest absolute Gasteiger partial charge is 0.323 e. The molecule has 0 spiro atoms. The monoisotopic (exact) mass is 419 g/mol. The second-order valence-electron chi connectivity index (χ2n) is 7.57. The number of sulfonamides is 1. The molecule has 1 heterocycles. The first kappa shape index (κ1) is 20.5. The lowest BCUT2D eigenvalue weighted by atomic mass is 9.96. The maximum Gasteiger partial charge on any atom is 0.236 e. The summed E-state index contributed by atoms with van der Waals surface area (Å²) in [5, 5.41) is 1.33. The van der Waals surface area contributed by atoms with Crippen LogP contribution < -0.4 is 4.90 Å². The van der Waals surface area contributed by atoms with E-state index < -0.39 is 10.0 Å². The zero-order valence-corrected chi connectivity index (χ0v) is 17.7. The van der Waals surface area contributed by atoms with E-state index in [9.17, 15) is 8.42 Å². The zero-order valence-electron chi connectivity index (χ0n) is 16.9. The second-order valence-corrected chi connectivity index (χ2v) is 9.39. The van der Waals surface area contributed by atoms with Gasteiger partial charge in [-0.3, -0.25) is 0 Å². The fourth-order valence-corrected chi connectivity index (χ4v) is 5.28. The number of quaternary nitrogens is 1. The minimum atomic E-state index is -3.42. The standard InChI is InChI=1S/C25H26N2O2S/c28-30(29,21-16-22-10-4-1-5-11-22)27-19-17-26(18-20-27)25(23-12-6-2-7-13-23)24-14-8-3-9-15-24/h1-16,21,25H,17-20H2/p+1/b21-16+. The Labute approximate surface area is 179 Å². The minimum absolute atomic E-state index is 0.206. The van der Waals surface area contributed by atoms with Gasteiger partial charge in [0.25, 0.3) is 0 Å². The van der Waals surface area contributed by atoms with Crippen LogP contribution in [0.15, 0.2) is 96.4 Å². The van der Waals surface area contributed by atoms with Gasteiger partial charge in [-0.2, -0.15) is 4.31 Å². The molecular formula is C25H27N2O2S+. The molecule has 3 aromatic rings. The quantitative estimate of drug-likeness (QED) is 0.668. The molecule has 1 fully saturated rings. The summed E-state index contributed by atoms with van der Waals surface area (Å²) in [6.07, 6.45) is 1.67. The van der Waals surface area contributed by atoms with Gasteiger partial charge in [-0.25, -0.2) is 8.42 Å². The molecule has 0 atom stereocenters. The van der Waals surface area contributed by atoms with Crippen LogP contribution in [-0.4, -0.2) is 38.9 Å².